The highest BCUT2D eigenvalue weighted by molar-refractivity contribution is 9.10. The van der Waals surface area contributed by atoms with Crippen LogP contribution in [0.2, 0.25) is 0 Å². The molecule has 20 heavy (non-hydrogen) atoms. The van der Waals surface area contributed by atoms with Crippen LogP contribution in [0.3, 0.4) is 0 Å². The zero-order valence-corrected chi connectivity index (χ0v) is 13.1. The van der Waals surface area contributed by atoms with E-state index in [1.807, 2.05) is 6.07 Å². The molecular formula is C14H16BrFN4. The van der Waals surface area contributed by atoms with E-state index in [1.165, 1.54) is 6.07 Å². The third-order valence-electron chi connectivity index (χ3n) is 2.82. The van der Waals surface area contributed by atoms with E-state index in [0.29, 0.717) is 16.1 Å². The summed E-state index contributed by atoms with van der Waals surface area (Å²) in [5.74, 6) is 6.17. The molecule has 6 heteroatoms. The van der Waals surface area contributed by atoms with Crippen molar-refractivity contribution in [3.63, 3.8) is 0 Å². The van der Waals surface area contributed by atoms with Crippen LogP contribution in [0.15, 0.2) is 28.7 Å². The Hall–Kier alpha value is -1.53. The van der Waals surface area contributed by atoms with Crippen molar-refractivity contribution in [2.45, 2.75) is 26.2 Å². The van der Waals surface area contributed by atoms with Crippen LogP contribution in [0.5, 0.6) is 0 Å². The lowest BCUT2D eigenvalue weighted by Gasteiger charge is -2.19. The van der Waals surface area contributed by atoms with Gasteiger partial charge in [-0.1, -0.05) is 20.8 Å². The van der Waals surface area contributed by atoms with Crippen molar-refractivity contribution in [1.82, 2.24) is 9.97 Å². The number of benzene rings is 1. The Balaban J connectivity index is 2.58. The number of hydrazine groups is 1. The Bertz CT molecular complexity index is 638. The number of nitrogens with one attached hydrogen (secondary N) is 1. The number of nitrogen functional groups attached to an aromatic ring is 1. The maximum atomic E-state index is 13.3. The molecule has 4 nitrogen and oxygen atoms in total. The first kappa shape index (κ1) is 14.9. The van der Waals surface area contributed by atoms with Gasteiger partial charge in [0.25, 0.3) is 0 Å². The minimum Gasteiger partial charge on any atom is -0.308 e. The normalized spacial score (nSPS) is 11.5. The van der Waals surface area contributed by atoms with Crippen molar-refractivity contribution in [2.24, 2.45) is 5.84 Å². The van der Waals surface area contributed by atoms with E-state index in [4.69, 9.17) is 5.84 Å². The summed E-state index contributed by atoms with van der Waals surface area (Å²) in [4.78, 5) is 8.86. The van der Waals surface area contributed by atoms with Gasteiger partial charge in [-0.3, -0.25) is 0 Å². The average molecular weight is 339 g/mol. The highest BCUT2D eigenvalue weighted by Gasteiger charge is 2.18. The summed E-state index contributed by atoms with van der Waals surface area (Å²) in [5, 5.41) is 0. The van der Waals surface area contributed by atoms with Gasteiger partial charge in [0.1, 0.15) is 11.6 Å². The standard InChI is InChI=1S/C14H16BrFN4/c1-14(2,3)11-7-12(20-17)19-13(18-11)8-4-5-10(16)9(15)6-8/h4-7H,17H2,1-3H3,(H,18,19,20). The molecule has 1 aromatic carbocycles. The van der Waals surface area contributed by atoms with Crippen LogP contribution in [0.4, 0.5) is 10.2 Å². The molecule has 0 fully saturated rings. The van der Waals surface area contributed by atoms with Gasteiger partial charge in [0.15, 0.2) is 5.82 Å². The number of halogens is 2. The van der Waals surface area contributed by atoms with Crippen LogP contribution in [-0.4, -0.2) is 9.97 Å². The number of rotatable bonds is 2. The highest BCUT2D eigenvalue weighted by atomic mass is 79.9. The van der Waals surface area contributed by atoms with Crippen molar-refractivity contribution >= 4 is 21.7 Å². The topological polar surface area (TPSA) is 63.8 Å². The van der Waals surface area contributed by atoms with Gasteiger partial charge in [-0.05, 0) is 34.1 Å². The Kier molecular flexibility index (Phi) is 4.06. The van der Waals surface area contributed by atoms with Gasteiger partial charge in [0, 0.05) is 17.0 Å². The molecule has 0 aliphatic carbocycles. The van der Waals surface area contributed by atoms with Gasteiger partial charge < -0.3 is 5.43 Å². The zero-order chi connectivity index (χ0) is 14.9. The van der Waals surface area contributed by atoms with E-state index in [2.05, 4.69) is 52.1 Å². The summed E-state index contributed by atoms with van der Waals surface area (Å²) < 4.78 is 13.7. The summed E-state index contributed by atoms with van der Waals surface area (Å²) in [5.41, 5.74) is 3.98. The lowest BCUT2D eigenvalue weighted by atomic mass is 9.92. The average Bonchev–Trinajstić information content (AvgIpc) is 2.40. The molecule has 1 aromatic heterocycles. The molecule has 0 atom stereocenters. The fourth-order valence-corrected chi connectivity index (χ4v) is 2.05. The fourth-order valence-electron chi connectivity index (χ4n) is 1.67. The number of hydrogen-bond donors (Lipinski definition) is 2. The number of nitrogens with zero attached hydrogens (tertiary/aromatic N) is 2. The Morgan fingerprint density at radius 3 is 2.45 bits per heavy atom. The third kappa shape index (κ3) is 3.13. The summed E-state index contributed by atoms with van der Waals surface area (Å²) >= 11 is 3.17. The van der Waals surface area contributed by atoms with Gasteiger partial charge in [-0.25, -0.2) is 20.2 Å². The zero-order valence-electron chi connectivity index (χ0n) is 11.5. The molecule has 2 rings (SSSR count). The molecule has 0 aliphatic rings. The minimum atomic E-state index is -0.321. The monoisotopic (exact) mass is 338 g/mol. The summed E-state index contributed by atoms with van der Waals surface area (Å²) in [6, 6.07) is 6.48. The summed E-state index contributed by atoms with van der Waals surface area (Å²) in [6.07, 6.45) is 0. The largest absolute Gasteiger partial charge is 0.308 e. The molecule has 2 aromatic rings. The molecule has 0 saturated heterocycles. The van der Waals surface area contributed by atoms with Gasteiger partial charge >= 0.3 is 0 Å². The first-order valence-corrected chi connectivity index (χ1v) is 6.92. The van der Waals surface area contributed by atoms with Crippen LogP contribution in [-0.2, 0) is 5.41 Å². The second-order valence-electron chi connectivity index (χ2n) is 5.49. The van der Waals surface area contributed by atoms with E-state index in [0.717, 1.165) is 11.3 Å². The first-order chi connectivity index (χ1) is 9.31. The molecule has 0 bridgehead atoms. The number of hydrogen-bond acceptors (Lipinski definition) is 4. The quantitative estimate of drug-likeness (QED) is 0.648. The first-order valence-electron chi connectivity index (χ1n) is 6.13. The van der Waals surface area contributed by atoms with Crippen LogP contribution in [0, 0.1) is 5.82 Å². The molecule has 3 N–H and O–H groups in total. The SMILES string of the molecule is CC(C)(C)c1cc(NN)nc(-c2ccc(F)c(Br)c2)n1. The molecule has 0 radical (unpaired) electrons. The molecule has 1 heterocycles. The van der Waals surface area contributed by atoms with Crippen molar-refractivity contribution in [3.05, 3.63) is 40.2 Å². The Morgan fingerprint density at radius 2 is 1.90 bits per heavy atom. The lowest BCUT2D eigenvalue weighted by molar-refractivity contribution is 0.568. The molecule has 106 valence electrons. The molecular weight excluding hydrogens is 323 g/mol. The van der Waals surface area contributed by atoms with Gasteiger partial charge in [0.05, 0.1) is 10.2 Å². The van der Waals surface area contributed by atoms with Gasteiger partial charge in [0.2, 0.25) is 0 Å². The van der Waals surface area contributed by atoms with Crippen LogP contribution >= 0.6 is 15.9 Å². The van der Waals surface area contributed by atoms with Crippen molar-refractivity contribution < 1.29 is 4.39 Å². The number of nitrogens with two attached hydrogens (primary N) is 1. The molecule has 0 aliphatic heterocycles. The lowest BCUT2D eigenvalue weighted by Crippen LogP contribution is -2.17. The molecule has 0 unspecified atom stereocenters. The number of anilines is 1. The maximum Gasteiger partial charge on any atom is 0.161 e. The van der Waals surface area contributed by atoms with Crippen molar-refractivity contribution in [1.29, 1.82) is 0 Å². The van der Waals surface area contributed by atoms with Gasteiger partial charge in [-0.15, -0.1) is 0 Å². The number of aromatic nitrogens is 2. The van der Waals surface area contributed by atoms with Crippen LogP contribution in [0.1, 0.15) is 26.5 Å². The minimum absolute atomic E-state index is 0.138. The maximum absolute atomic E-state index is 13.3. The second-order valence-corrected chi connectivity index (χ2v) is 6.34. The molecule has 0 spiro atoms. The highest BCUT2D eigenvalue weighted by Crippen LogP contribution is 2.27. The summed E-state index contributed by atoms with van der Waals surface area (Å²) in [6.45, 7) is 6.17. The van der Waals surface area contributed by atoms with Gasteiger partial charge in [-0.2, -0.15) is 0 Å². The predicted octanol–water partition coefficient (Wildman–Crippen LogP) is 3.63. The van der Waals surface area contributed by atoms with E-state index >= 15 is 0 Å². The smallest absolute Gasteiger partial charge is 0.161 e. The van der Waals surface area contributed by atoms with E-state index in [-0.39, 0.29) is 11.2 Å². The van der Waals surface area contributed by atoms with E-state index in [9.17, 15) is 4.39 Å². The van der Waals surface area contributed by atoms with Crippen LogP contribution in [0.25, 0.3) is 11.4 Å². The van der Waals surface area contributed by atoms with E-state index in [1.54, 1.807) is 12.1 Å². The van der Waals surface area contributed by atoms with Crippen molar-refractivity contribution in [2.75, 3.05) is 5.43 Å². The third-order valence-corrected chi connectivity index (χ3v) is 3.43. The Morgan fingerprint density at radius 1 is 1.20 bits per heavy atom. The summed E-state index contributed by atoms with van der Waals surface area (Å²) in [7, 11) is 0. The second kappa shape index (κ2) is 5.46. The van der Waals surface area contributed by atoms with E-state index < -0.39 is 0 Å². The predicted molar refractivity (Wildman–Crippen MR) is 81.6 cm³/mol. The Labute approximate surface area is 125 Å². The van der Waals surface area contributed by atoms with Crippen molar-refractivity contribution in [3.8, 4) is 11.4 Å². The molecule has 0 amide bonds. The van der Waals surface area contributed by atoms with Crippen LogP contribution < -0.4 is 11.3 Å². The fraction of sp³-hybridized carbons (Fsp3) is 0.286. The molecule has 0 saturated carbocycles.